The van der Waals surface area contributed by atoms with Crippen molar-refractivity contribution in [1.82, 2.24) is 0 Å². The summed E-state index contributed by atoms with van der Waals surface area (Å²) in [6.45, 7) is 5.32. The molecule has 0 saturated carbocycles. The van der Waals surface area contributed by atoms with Gasteiger partial charge in [0, 0.05) is 6.61 Å². The minimum Gasteiger partial charge on any atom is -0.496 e. The molecule has 0 saturated heterocycles. The highest BCUT2D eigenvalue weighted by Gasteiger charge is 2.14. The summed E-state index contributed by atoms with van der Waals surface area (Å²) in [6, 6.07) is 5.32. The number of carbonyl (C=O) groups excluding carboxylic acids is 1. The molecule has 0 spiro atoms. The van der Waals surface area contributed by atoms with Crippen LogP contribution in [0.4, 0.5) is 0 Å². The number of carbonyl (C=O) groups is 1. The van der Waals surface area contributed by atoms with Crippen LogP contribution in [0.5, 0.6) is 11.5 Å². The van der Waals surface area contributed by atoms with Crippen LogP contribution >= 0.6 is 0 Å². The summed E-state index contributed by atoms with van der Waals surface area (Å²) < 4.78 is 16.2. The van der Waals surface area contributed by atoms with E-state index >= 15 is 0 Å². The molecule has 0 unspecified atom stereocenters. The van der Waals surface area contributed by atoms with Crippen LogP contribution in [0, 0.1) is 0 Å². The lowest BCUT2D eigenvalue weighted by atomic mass is 10.1. The molecule has 0 radical (unpaired) electrons. The molecule has 0 aliphatic rings. The summed E-state index contributed by atoms with van der Waals surface area (Å²) in [6.07, 6.45) is 2.17. The van der Waals surface area contributed by atoms with Gasteiger partial charge in [0.15, 0.2) is 5.78 Å². The Kier molecular flexibility index (Phi) is 6.97. The molecule has 106 valence electrons. The SMILES string of the molecule is CCCCOCCOc1cccc(OC)c1C(C)=O. The number of hydrogen-bond donors (Lipinski definition) is 0. The Morgan fingerprint density at radius 2 is 1.89 bits per heavy atom. The maximum atomic E-state index is 11.6. The first kappa shape index (κ1) is 15.5. The highest BCUT2D eigenvalue weighted by atomic mass is 16.5. The van der Waals surface area contributed by atoms with Gasteiger partial charge in [-0.1, -0.05) is 19.4 Å². The summed E-state index contributed by atoms with van der Waals surface area (Å²) in [4.78, 5) is 11.6. The van der Waals surface area contributed by atoms with Gasteiger partial charge >= 0.3 is 0 Å². The predicted octanol–water partition coefficient (Wildman–Crippen LogP) is 3.09. The topological polar surface area (TPSA) is 44.8 Å². The van der Waals surface area contributed by atoms with E-state index in [-0.39, 0.29) is 5.78 Å². The first-order valence-electron chi connectivity index (χ1n) is 6.59. The molecule has 4 heteroatoms. The fourth-order valence-corrected chi connectivity index (χ4v) is 1.71. The predicted molar refractivity (Wildman–Crippen MR) is 74.2 cm³/mol. The van der Waals surface area contributed by atoms with Gasteiger partial charge in [0.05, 0.1) is 13.7 Å². The zero-order valence-corrected chi connectivity index (χ0v) is 11.9. The highest BCUT2D eigenvalue weighted by Crippen LogP contribution is 2.28. The van der Waals surface area contributed by atoms with Crippen molar-refractivity contribution in [2.45, 2.75) is 26.7 Å². The van der Waals surface area contributed by atoms with E-state index in [0.717, 1.165) is 19.4 Å². The normalized spacial score (nSPS) is 10.3. The lowest BCUT2D eigenvalue weighted by Gasteiger charge is -2.13. The smallest absolute Gasteiger partial charge is 0.167 e. The number of ether oxygens (including phenoxy) is 3. The first-order chi connectivity index (χ1) is 9.20. The van der Waals surface area contributed by atoms with E-state index in [0.29, 0.717) is 30.3 Å². The van der Waals surface area contributed by atoms with Gasteiger partial charge in [0.25, 0.3) is 0 Å². The van der Waals surface area contributed by atoms with Crippen molar-refractivity contribution in [3.63, 3.8) is 0 Å². The molecule has 1 rings (SSSR count). The molecular weight excluding hydrogens is 244 g/mol. The van der Waals surface area contributed by atoms with Gasteiger partial charge in [-0.15, -0.1) is 0 Å². The van der Waals surface area contributed by atoms with Crippen LogP contribution in [0.25, 0.3) is 0 Å². The van der Waals surface area contributed by atoms with E-state index in [1.807, 2.05) is 0 Å². The van der Waals surface area contributed by atoms with Gasteiger partial charge in [-0.3, -0.25) is 4.79 Å². The third-order valence-electron chi connectivity index (χ3n) is 2.69. The second kappa shape index (κ2) is 8.53. The average molecular weight is 266 g/mol. The standard InChI is InChI=1S/C15H22O4/c1-4-5-9-18-10-11-19-14-8-6-7-13(17-3)15(14)12(2)16/h6-8H,4-5,9-11H2,1-3H3. The van der Waals surface area contributed by atoms with Crippen LogP contribution in [0.15, 0.2) is 18.2 Å². The number of hydrogen-bond acceptors (Lipinski definition) is 4. The van der Waals surface area contributed by atoms with Crippen molar-refractivity contribution in [3.05, 3.63) is 23.8 Å². The molecule has 0 aliphatic carbocycles. The Bertz CT molecular complexity index is 401. The number of benzene rings is 1. The largest absolute Gasteiger partial charge is 0.496 e. The molecule has 0 heterocycles. The van der Waals surface area contributed by atoms with Gasteiger partial charge in [-0.05, 0) is 25.5 Å². The van der Waals surface area contributed by atoms with E-state index < -0.39 is 0 Å². The molecule has 0 fully saturated rings. The summed E-state index contributed by atoms with van der Waals surface area (Å²) in [7, 11) is 1.54. The molecule has 0 bridgehead atoms. The fraction of sp³-hybridized carbons (Fsp3) is 0.533. The minimum absolute atomic E-state index is 0.0700. The Labute approximate surface area is 114 Å². The molecule has 1 aromatic rings. The van der Waals surface area contributed by atoms with Crippen molar-refractivity contribution in [2.24, 2.45) is 0 Å². The van der Waals surface area contributed by atoms with E-state index in [1.165, 1.54) is 6.92 Å². The van der Waals surface area contributed by atoms with Crippen molar-refractivity contribution >= 4 is 5.78 Å². The summed E-state index contributed by atoms with van der Waals surface area (Å²) in [5.74, 6) is 1.02. The van der Waals surface area contributed by atoms with Gasteiger partial charge in [-0.2, -0.15) is 0 Å². The molecule has 0 aromatic heterocycles. The third-order valence-corrected chi connectivity index (χ3v) is 2.69. The quantitative estimate of drug-likeness (QED) is 0.509. The number of rotatable bonds is 9. The molecule has 4 nitrogen and oxygen atoms in total. The number of Topliss-reactive ketones (excluding diaryl/α,β-unsaturated/α-hetero) is 1. The fourth-order valence-electron chi connectivity index (χ4n) is 1.71. The number of unbranched alkanes of at least 4 members (excludes halogenated alkanes) is 1. The lowest BCUT2D eigenvalue weighted by molar-refractivity contribution is 0.0945. The molecule has 0 amide bonds. The zero-order chi connectivity index (χ0) is 14.1. The molecule has 19 heavy (non-hydrogen) atoms. The van der Waals surface area contributed by atoms with Gasteiger partial charge in [-0.25, -0.2) is 0 Å². The number of ketones is 1. The van der Waals surface area contributed by atoms with E-state index in [9.17, 15) is 4.79 Å². The molecule has 1 aromatic carbocycles. The van der Waals surface area contributed by atoms with Crippen molar-refractivity contribution in [2.75, 3.05) is 26.9 Å². The zero-order valence-electron chi connectivity index (χ0n) is 11.9. The second-order valence-electron chi connectivity index (χ2n) is 4.20. The summed E-state index contributed by atoms with van der Waals surface area (Å²) in [5, 5.41) is 0. The van der Waals surface area contributed by atoms with Crippen LogP contribution in [0.3, 0.4) is 0 Å². The van der Waals surface area contributed by atoms with Gasteiger partial charge < -0.3 is 14.2 Å². The summed E-state index contributed by atoms with van der Waals surface area (Å²) in [5.41, 5.74) is 0.485. The first-order valence-corrected chi connectivity index (χ1v) is 6.59. The maximum absolute atomic E-state index is 11.6. The molecular formula is C15H22O4. The number of methoxy groups -OCH3 is 1. The Balaban J connectivity index is 2.55. The summed E-state index contributed by atoms with van der Waals surface area (Å²) >= 11 is 0. The Morgan fingerprint density at radius 3 is 2.53 bits per heavy atom. The van der Waals surface area contributed by atoms with Crippen molar-refractivity contribution in [3.8, 4) is 11.5 Å². The Morgan fingerprint density at radius 1 is 1.16 bits per heavy atom. The van der Waals surface area contributed by atoms with Crippen molar-refractivity contribution in [1.29, 1.82) is 0 Å². The van der Waals surface area contributed by atoms with Crippen LogP contribution < -0.4 is 9.47 Å². The Hall–Kier alpha value is -1.55. The monoisotopic (exact) mass is 266 g/mol. The van der Waals surface area contributed by atoms with Crippen LogP contribution in [-0.4, -0.2) is 32.7 Å². The van der Waals surface area contributed by atoms with Crippen LogP contribution in [0.2, 0.25) is 0 Å². The van der Waals surface area contributed by atoms with Gasteiger partial charge in [0.1, 0.15) is 23.7 Å². The van der Waals surface area contributed by atoms with E-state index in [4.69, 9.17) is 14.2 Å². The third kappa shape index (κ3) is 4.91. The molecule has 0 atom stereocenters. The molecule has 0 aliphatic heterocycles. The van der Waals surface area contributed by atoms with E-state index in [1.54, 1.807) is 25.3 Å². The second-order valence-corrected chi connectivity index (χ2v) is 4.20. The lowest BCUT2D eigenvalue weighted by Crippen LogP contribution is -2.10. The van der Waals surface area contributed by atoms with Crippen LogP contribution in [-0.2, 0) is 4.74 Å². The minimum atomic E-state index is -0.0700. The van der Waals surface area contributed by atoms with Crippen LogP contribution in [0.1, 0.15) is 37.0 Å². The molecule has 0 N–H and O–H groups in total. The highest BCUT2D eigenvalue weighted by molar-refractivity contribution is 5.99. The van der Waals surface area contributed by atoms with Gasteiger partial charge in [0.2, 0.25) is 0 Å². The van der Waals surface area contributed by atoms with E-state index in [2.05, 4.69) is 6.92 Å². The maximum Gasteiger partial charge on any atom is 0.167 e. The van der Waals surface area contributed by atoms with Crippen molar-refractivity contribution < 1.29 is 19.0 Å². The average Bonchev–Trinajstić information content (AvgIpc) is 2.42.